The van der Waals surface area contributed by atoms with Crippen LogP contribution >= 0.6 is 18.9 Å². The number of esters is 1. The number of hydrogen-bond donors (Lipinski definition) is 1. The molecule has 1 saturated carbocycles. The first-order chi connectivity index (χ1) is 17.3. The average Bonchev–Trinajstić information content (AvgIpc) is 3.23. The topological polar surface area (TPSA) is 65.0 Å². The van der Waals surface area contributed by atoms with Gasteiger partial charge in [-0.25, -0.2) is 8.78 Å². The van der Waals surface area contributed by atoms with E-state index in [0.717, 1.165) is 37.7 Å². The molecule has 0 aromatic heterocycles. The van der Waals surface area contributed by atoms with E-state index < -0.39 is 12.0 Å². The SMILES string of the molecule is CCCCC(F)(F)C(O)/C=C/C1C(OP)CC(OP)C1CCCCCCC(=O)OCc1ccccc1. The summed E-state index contributed by atoms with van der Waals surface area (Å²) in [5.41, 5.74) is 0.974. The molecule has 1 N–H and O–H groups in total. The fraction of sp³-hybridized carbons (Fsp3) is 0.667. The predicted molar refractivity (Wildman–Crippen MR) is 144 cm³/mol. The van der Waals surface area contributed by atoms with Crippen LogP contribution in [0.15, 0.2) is 42.5 Å². The summed E-state index contributed by atoms with van der Waals surface area (Å²) in [6, 6.07) is 9.61. The van der Waals surface area contributed by atoms with E-state index in [2.05, 4.69) is 18.9 Å². The lowest BCUT2D eigenvalue weighted by molar-refractivity contribution is -0.145. The second-order valence-electron chi connectivity index (χ2n) is 9.62. The van der Waals surface area contributed by atoms with Crippen LogP contribution in [0.3, 0.4) is 0 Å². The highest BCUT2D eigenvalue weighted by atomic mass is 31.0. The van der Waals surface area contributed by atoms with Gasteiger partial charge in [0.05, 0.1) is 12.2 Å². The third-order valence-corrected chi connectivity index (χ3v) is 7.64. The van der Waals surface area contributed by atoms with Crippen LogP contribution in [-0.4, -0.2) is 35.3 Å². The van der Waals surface area contributed by atoms with Crippen LogP contribution in [0, 0.1) is 11.8 Å². The van der Waals surface area contributed by atoms with E-state index in [1.807, 2.05) is 37.3 Å². The van der Waals surface area contributed by atoms with Gasteiger partial charge in [-0.2, -0.15) is 0 Å². The Balaban J connectivity index is 1.78. The fourth-order valence-electron chi connectivity index (χ4n) is 4.78. The number of hydrogen-bond acceptors (Lipinski definition) is 5. The average molecular weight is 547 g/mol. The summed E-state index contributed by atoms with van der Waals surface area (Å²) in [7, 11) is 4.58. The van der Waals surface area contributed by atoms with Crippen LogP contribution < -0.4 is 0 Å². The van der Waals surface area contributed by atoms with Gasteiger partial charge in [0, 0.05) is 44.1 Å². The molecular weight excluding hydrogens is 504 g/mol. The molecule has 1 aliphatic carbocycles. The van der Waals surface area contributed by atoms with E-state index in [0.29, 0.717) is 32.3 Å². The minimum Gasteiger partial charge on any atom is -0.461 e. The van der Waals surface area contributed by atoms with Crippen molar-refractivity contribution in [2.75, 3.05) is 0 Å². The van der Waals surface area contributed by atoms with E-state index in [1.54, 1.807) is 6.08 Å². The standard InChI is InChI=1S/C27H42F2O5P2/c1-2-3-17-27(28,29)25(30)16-15-22-21(23(33-35)18-24(22)34-36)13-9-4-5-10-14-26(31)32-19-20-11-7-6-8-12-20/h6-8,11-12,15-16,21-25,30H,2-5,9-10,13-14,17-19,35-36H2,1H3/b16-15+. The zero-order valence-corrected chi connectivity index (χ0v) is 23.5. The molecule has 1 fully saturated rings. The summed E-state index contributed by atoms with van der Waals surface area (Å²) in [4.78, 5) is 12.0. The summed E-state index contributed by atoms with van der Waals surface area (Å²) < 4.78 is 44.9. The molecule has 0 spiro atoms. The number of aliphatic hydroxyl groups is 1. The maximum Gasteiger partial charge on any atom is 0.306 e. The Morgan fingerprint density at radius 2 is 1.81 bits per heavy atom. The van der Waals surface area contributed by atoms with Crippen molar-refractivity contribution in [3.63, 3.8) is 0 Å². The van der Waals surface area contributed by atoms with Crippen LogP contribution in [0.25, 0.3) is 0 Å². The number of benzene rings is 1. The van der Waals surface area contributed by atoms with Gasteiger partial charge in [0.2, 0.25) is 0 Å². The van der Waals surface area contributed by atoms with E-state index in [1.165, 1.54) is 6.08 Å². The zero-order chi connectivity index (χ0) is 26.4. The first kappa shape index (κ1) is 31.2. The Hall–Kier alpha value is -0.970. The monoisotopic (exact) mass is 546 g/mol. The molecule has 7 unspecified atom stereocenters. The molecule has 7 atom stereocenters. The lowest BCUT2D eigenvalue weighted by Crippen LogP contribution is -2.32. The first-order valence-corrected chi connectivity index (χ1v) is 13.9. The normalized spacial score (nSPS) is 23.3. The number of aliphatic hydroxyl groups excluding tert-OH is 1. The van der Waals surface area contributed by atoms with Gasteiger partial charge < -0.3 is 18.9 Å². The summed E-state index contributed by atoms with van der Waals surface area (Å²) >= 11 is 0. The van der Waals surface area contributed by atoms with Crippen molar-refractivity contribution in [3.05, 3.63) is 48.0 Å². The van der Waals surface area contributed by atoms with Crippen molar-refractivity contribution >= 4 is 24.9 Å². The molecule has 9 heteroatoms. The van der Waals surface area contributed by atoms with Gasteiger partial charge >= 0.3 is 5.97 Å². The van der Waals surface area contributed by atoms with E-state index >= 15 is 0 Å². The Morgan fingerprint density at radius 3 is 2.47 bits per heavy atom. The molecule has 0 heterocycles. The summed E-state index contributed by atoms with van der Waals surface area (Å²) in [6.07, 6.45) is 7.00. The molecule has 5 nitrogen and oxygen atoms in total. The van der Waals surface area contributed by atoms with Gasteiger partial charge in [0.25, 0.3) is 5.92 Å². The third-order valence-electron chi connectivity index (χ3n) is 6.94. The van der Waals surface area contributed by atoms with Crippen LogP contribution in [0.2, 0.25) is 0 Å². The van der Waals surface area contributed by atoms with Crippen LogP contribution in [0.4, 0.5) is 8.78 Å². The van der Waals surface area contributed by atoms with E-state index in [4.69, 9.17) is 13.8 Å². The Morgan fingerprint density at radius 1 is 1.11 bits per heavy atom. The molecule has 0 saturated heterocycles. The number of ether oxygens (including phenoxy) is 1. The molecule has 2 rings (SSSR count). The van der Waals surface area contributed by atoms with Crippen molar-refractivity contribution in [3.8, 4) is 0 Å². The fourth-order valence-corrected chi connectivity index (χ4v) is 5.39. The van der Waals surface area contributed by atoms with Gasteiger partial charge in [-0.1, -0.05) is 75.1 Å². The molecule has 204 valence electrons. The van der Waals surface area contributed by atoms with Crippen LogP contribution in [-0.2, 0) is 25.2 Å². The molecule has 0 amide bonds. The summed E-state index contributed by atoms with van der Waals surface area (Å²) in [6.45, 7) is 2.15. The number of unbranched alkanes of at least 4 members (excludes halogenated alkanes) is 4. The first-order valence-electron chi connectivity index (χ1n) is 13.0. The molecule has 1 aliphatic rings. The largest absolute Gasteiger partial charge is 0.461 e. The van der Waals surface area contributed by atoms with Gasteiger partial charge in [0.1, 0.15) is 12.7 Å². The molecule has 1 aromatic rings. The maximum absolute atomic E-state index is 14.2. The summed E-state index contributed by atoms with van der Waals surface area (Å²) in [5, 5.41) is 10.1. The molecule has 1 aromatic carbocycles. The zero-order valence-electron chi connectivity index (χ0n) is 21.2. The number of halogens is 2. The minimum atomic E-state index is -3.14. The Bertz CT molecular complexity index is 781. The van der Waals surface area contributed by atoms with Crippen molar-refractivity contribution in [1.29, 1.82) is 0 Å². The Labute approximate surface area is 219 Å². The molecular formula is C27H42F2O5P2. The van der Waals surface area contributed by atoms with Crippen LogP contribution in [0.5, 0.6) is 0 Å². The Kier molecular flexibility index (Phi) is 14.6. The maximum atomic E-state index is 14.2. The predicted octanol–water partition coefficient (Wildman–Crippen LogP) is 6.80. The number of carbonyl (C=O) groups excluding carboxylic acids is 1. The van der Waals surface area contributed by atoms with Gasteiger partial charge in [-0.05, 0) is 30.7 Å². The second-order valence-corrected chi connectivity index (χ2v) is 10.2. The number of carbonyl (C=O) groups is 1. The molecule has 36 heavy (non-hydrogen) atoms. The third kappa shape index (κ3) is 10.4. The smallest absolute Gasteiger partial charge is 0.306 e. The minimum absolute atomic E-state index is 0.0686. The molecule has 0 bridgehead atoms. The van der Waals surface area contributed by atoms with Gasteiger partial charge in [-0.3, -0.25) is 4.79 Å². The lowest BCUT2D eigenvalue weighted by Gasteiger charge is -2.25. The molecule has 0 aliphatic heterocycles. The number of alkyl halides is 2. The molecule has 0 radical (unpaired) electrons. The second kappa shape index (κ2) is 16.8. The lowest BCUT2D eigenvalue weighted by atomic mass is 9.87. The number of rotatable bonds is 17. The highest BCUT2D eigenvalue weighted by Crippen LogP contribution is 2.42. The highest BCUT2D eigenvalue weighted by Gasteiger charge is 2.43. The van der Waals surface area contributed by atoms with Crippen molar-refractivity contribution in [2.24, 2.45) is 11.8 Å². The van der Waals surface area contributed by atoms with Crippen molar-refractivity contribution < 1.29 is 32.5 Å². The van der Waals surface area contributed by atoms with Crippen molar-refractivity contribution in [2.45, 2.75) is 102 Å². The van der Waals surface area contributed by atoms with E-state index in [9.17, 15) is 18.7 Å². The van der Waals surface area contributed by atoms with Crippen molar-refractivity contribution in [1.82, 2.24) is 0 Å². The summed E-state index contributed by atoms with van der Waals surface area (Å²) in [5.74, 6) is -3.36. The quantitative estimate of drug-likeness (QED) is 0.101. The van der Waals surface area contributed by atoms with E-state index in [-0.39, 0.29) is 36.4 Å². The van der Waals surface area contributed by atoms with Gasteiger partial charge in [0.15, 0.2) is 0 Å². The highest BCUT2D eigenvalue weighted by molar-refractivity contribution is 7.10. The van der Waals surface area contributed by atoms with Crippen LogP contribution in [0.1, 0.15) is 76.7 Å². The van der Waals surface area contributed by atoms with Gasteiger partial charge in [-0.15, -0.1) is 0 Å².